The molecule has 39 heavy (non-hydrogen) atoms. The van der Waals surface area contributed by atoms with Gasteiger partial charge in [-0.05, 0) is 102 Å². The van der Waals surface area contributed by atoms with Crippen molar-refractivity contribution in [1.29, 1.82) is 0 Å². The third-order valence-electron chi connectivity index (χ3n) is 5.70. The van der Waals surface area contributed by atoms with Gasteiger partial charge in [0.15, 0.2) is 24.1 Å². The molecular weight excluding hydrogens is 521 g/mol. The van der Waals surface area contributed by atoms with E-state index >= 15 is 0 Å². The number of carbonyl (C=O) groups excluding carboxylic acids is 1. The second kappa shape index (κ2) is 11.3. The summed E-state index contributed by atoms with van der Waals surface area (Å²) in [5, 5.41) is 0. The number of fused-ring (bicyclic) bond motifs is 1. The van der Waals surface area contributed by atoms with Gasteiger partial charge in [0, 0.05) is 12.0 Å². The molecule has 0 saturated heterocycles. The number of phosphoric acid groups is 1. The number of rotatable bonds is 9. The van der Waals surface area contributed by atoms with Crippen LogP contribution >= 0.6 is 7.82 Å². The lowest BCUT2D eigenvalue weighted by Gasteiger charge is -2.30. The lowest BCUT2D eigenvalue weighted by atomic mass is 10.0. The Balaban J connectivity index is 1.80. The summed E-state index contributed by atoms with van der Waals surface area (Å²) >= 11 is 0. The van der Waals surface area contributed by atoms with E-state index in [4.69, 9.17) is 33.5 Å². The molecule has 0 aromatic heterocycles. The van der Waals surface area contributed by atoms with Crippen molar-refractivity contribution >= 4 is 25.4 Å². The second-order valence-electron chi connectivity index (χ2n) is 11.5. The summed E-state index contributed by atoms with van der Waals surface area (Å²) in [4.78, 5) is 13.2. The third-order valence-corrected chi connectivity index (χ3v) is 7.66. The van der Waals surface area contributed by atoms with Crippen molar-refractivity contribution in [3.63, 3.8) is 0 Å². The SMILES string of the molecule is COc1cc2c(c(N)c1OC)C(=O)C(=Cc1cc(C)c(OCOP(=O)(OC(C)(C)C)OC(C)(C)C)c(C)c1)C2. The Bertz CT molecular complexity index is 1290. The summed E-state index contributed by atoms with van der Waals surface area (Å²) in [5.41, 5.74) is 9.37. The van der Waals surface area contributed by atoms with Crippen molar-refractivity contribution in [2.45, 2.75) is 73.0 Å². The minimum absolute atomic E-state index is 0.138. The van der Waals surface area contributed by atoms with Crippen molar-refractivity contribution < 1.29 is 37.1 Å². The van der Waals surface area contributed by atoms with E-state index in [1.54, 1.807) is 47.6 Å². The van der Waals surface area contributed by atoms with Crippen LogP contribution in [0.4, 0.5) is 5.69 Å². The number of phosphoric ester groups is 1. The van der Waals surface area contributed by atoms with E-state index in [1.165, 1.54) is 14.2 Å². The number of ether oxygens (including phenoxy) is 3. The maximum absolute atomic E-state index is 13.3. The van der Waals surface area contributed by atoms with Gasteiger partial charge < -0.3 is 19.9 Å². The van der Waals surface area contributed by atoms with Gasteiger partial charge in [0.25, 0.3) is 0 Å². The predicted octanol–water partition coefficient (Wildman–Crippen LogP) is 6.82. The topological polar surface area (TPSA) is 116 Å². The fourth-order valence-electron chi connectivity index (χ4n) is 4.44. The molecular formula is C29H40NO8P. The van der Waals surface area contributed by atoms with Crippen molar-refractivity contribution in [2.24, 2.45) is 0 Å². The molecule has 0 aliphatic heterocycles. The molecule has 0 unspecified atom stereocenters. The highest BCUT2D eigenvalue weighted by atomic mass is 31.2. The van der Waals surface area contributed by atoms with Crippen molar-refractivity contribution in [2.75, 3.05) is 26.7 Å². The first-order valence-corrected chi connectivity index (χ1v) is 14.1. The van der Waals surface area contributed by atoms with Gasteiger partial charge in [-0.25, -0.2) is 9.09 Å². The van der Waals surface area contributed by atoms with Gasteiger partial charge in [0.2, 0.25) is 0 Å². The molecule has 0 spiro atoms. The number of carbonyl (C=O) groups is 1. The normalized spacial score (nSPS) is 15.0. The Hall–Kier alpha value is -2.84. The van der Waals surface area contributed by atoms with Crippen LogP contribution in [0, 0.1) is 13.8 Å². The number of allylic oxidation sites excluding steroid dienone is 1. The van der Waals surface area contributed by atoms with Gasteiger partial charge in [0.05, 0.1) is 36.7 Å². The van der Waals surface area contributed by atoms with Crippen LogP contribution in [0.2, 0.25) is 0 Å². The maximum Gasteiger partial charge on any atom is 0.478 e. The number of nitrogens with two attached hydrogens (primary N) is 1. The lowest BCUT2D eigenvalue weighted by molar-refractivity contribution is -0.0191. The predicted molar refractivity (Wildman–Crippen MR) is 152 cm³/mol. The van der Waals surface area contributed by atoms with Crippen LogP contribution in [-0.2, 0) is 24.6 Å². The van der Waals surface area contributed by atoms with E-state index in [2.05, 4.69) is 0 Å². The summed E-state index contributed by atoms with van der Waals surface area (Å²) < 4.78 is 46.7. The Kier molecular flexibility index (Phi) is 8.92. The van der Waals surface area contributed by atoms with E-state index in [0.717, 1.165) is 22.3 Å². The van der Waals surface area contributed by atoms with Gasteiger partial charge in [-0.1, -0.05) is 0 Å². The Morgan fingerprint density at radius 3 is 1.97 bits per heavy atom. The highest BCUT2D eigenvalue weighted by Crippen LogP contribution is 2.55. The highest BCUT2D eigenvalue weighted by Gasteiger charge is 2.37. The van der Waals surface area contributed by atoms with Gasteiger partial charge in [-0.15, -0.1) is 0 Å². The molecule has 0 bridgehead atoms. The van der Waals surface area contributed by atoms with Gasteiger partial charge in [-0.2, -0.15) is 0 Å². The number of hydrogen-bond acceptors (Lipinski definition) is 9. The highest BCUT2D eigenvalue weighted by molar-refractivity contribution is 7.48. The van der Waals surface area contributed by atoms with Crippen molar-refractivity contribution in [3.05, 3.63) is 51.6 Å². The summed E-state index contributed by atoms with van der Waals surface area (Å²) in [5.74, 6) is 1.28. The molecule has 214 valence electrons. The number of anilines is 1. The molecule has 0 amide bonds. The van der Waals surface area contributed by atoms with Crippen LogP contribution in [0.3, 0.4) is 0 Å². The lowest BCUT2D eigenvalue weighted by Crippen LogP contribution is -2.25. The zero-order chi connectivity index (χ0) is 29.3. The number of aryl methyl sites for hydroxylation is 2. The summed E-state index contributed by atoms with van der Waals surface area (Å²) in [6.45, 7) is 14.1. The molecule has 0 fully saturated rings. The first-order chi connectivity index (χ1) is 18.0. The Morgan fingerprint density at radius 2 is 1.49 bits per heavy atom. The molecule has 0 radical (unpaired) electrons. The monoisotopic (exact) mass is 561 g/mol. The molecule has 1 aliphatic rings. The van der Waals surface area contributed by atoms with E-state index in [0.29, 0.717) is 34.8 Å². The Labute approximate surface area is 231 Å². The third kappa shape index (κ3) is 7.42. The maximum atomic E-state index is 13.3. The molecule has 2 aromatic carbocycles. The largest absolute Gasteiger partial charge is 0.493 e. The van der Waals surface area contributed by atoms with Gasteiger partial charge >= 0.3 is 7.82 Å². The zero-order valence-electron chi connectivity index (χ0n) is 24.5. The summed E-state index contributed by atoms with van der Waals surface area (Å²) in [7, 11) is -0.887. The van der Waals surface area contributed by atoms with Gasteiger partial charge in [0.1, 0.15) is 5.75 Å². The second-order valence-corrected chi connectivity index (χ2v) is 13.0. The minimum atomic E-state index is -3.91. The summed E-state index contributed by atoms with van der Waals surface area (Å²) in [6, 6.07) is 5.61. The zero-order valence-corrected chi connectivity index (χ0v) is 25.4. The molecule has 2 N–H and O–H groups in total. The van der Waals surface area contributed by atoms with Crippen LogP contribution in [0.15, 0.2) is 23.8 Å². The van der Waals surface area contributed by atoms with Crippen LogP contribution in [0.25, 0.3) is 6.08 Å². The van der Waals surface area contributed by atoms with Crippen LogP contribution in [0.5, 0.6) is 17.2 Å². The number of Topliss-reactive ketones (excluding diaryl/α,β-unsaturated/α-hetero) is 1. The molecule has 9 nitrogen and oxygen atoms in total. The van der Waals surface area contributed by atoms with E-state index in [-0.39, 0.29) is 18.3 Å². The first kappa shape index (κ1) is 30.7. The van der Waals surface area contributed by atoms with Crippen molar-refractivity contribution in [1.82, 2.24) is 0 Å². The van der Waals surface area contributed by atoms with E-state index < -0.39 is 19.0 Å². The molecule has 10 heteroatoms. The molecule has 1 aliphatic carbocycles. The quantitative estimate of drug-likeness (QED) is 0.152. The minimum Gasteiger partial charge on any atom is -0.493 e. The van der Waals surface area contributed by atoms with Gasteiger partial charge in [-0.3, -0.25) is 13.8 Å². The fraction of sp³-hybridized carbons (Fsp3) is 0.483. The first-order valence-electron chi connectivity index (χ1n) is 12.7. The van der Waals surface area contributed by atoms with Crippen LogP contribution in [0.1, 0.15) is 74.2 Å². The number of benzene rings is 2. The van der Waals surface area contributed by atoms with Crippen LogP contribution < -0.4 is 19.9 Å². The van der Waals surface area contributed by atoms with Crippen LogP contribution in [-0.4, -0.2) is 38.0 Å². The molecule has 0 heterocycles. The van der Waals surface area contributed by atoms with E-state index in [9.17, 15) is 9.36 Å². The van der Waals surface area contributed by atoms with E-state index in [1.807, 2.05) is 32.1 Å². The molecule has 0 atom stereocenters. The fourth-order valence-corrected chi connectivity index (χ4v) is 6.10. The van der Waals surface area contributed by atoms with Crippen molar-refractivity contribution in [3.8, 4) is 17.2 Å². The average Bonchev–Trinajstić information content (AvgIpc) is 3.07. The standard InChI is InChI=1S/C29H40NO8P/c1-17-11-19(13-21-14-20-15-22(33-9)27(34-10)24(30)23(20)25(21)31)12-18(2)26(17)35-16-36-39(32,37-28(3,4)5)38-29(6,7)8/h11-13,15H,14,16,30H2,1-10H3. The molecule has 2 aromatic rings. The number of methoxy groups -OCH3 is 2. The smallest absolute Gasteiger partial charge is 0.478 e. The Morgan fingerprint density at radius 1 is 0.923 bits per heavy atom. The average molecular weight is 562 g/mol. The number of ketones is 1. The summed E-state index contributed by atoms with van der Waals surface area (Å²) in [6.07, 6.45) is 2.28. The molecule has 3 rings (SSSR count). The number of hydrogen-bond donors (Lipinski definition) is 1. The molecule has 0 saturated carbocycles. The number of nitrogen functional groups attached to an aromatic ring is 1.